The molecule has 1 rings (SSSR count). The summed E-state index contributed by atoms with van der Waals surface area (Å²) in [5, 5.41) is 14.4. The van der Waals surface area contributed by atoms with E-state index in [0.717, 1.165) is 0 Å². The van der Waals surface area contributed by atoms with Gasteiger partial charge < -0.3 is 19.6 Å². The predicted octanol–water partition coefficient (Wildman–Crippen LogP) is 0.219. The van der Waals surface area contributed by atoms with Crippen molar-refractivity contribution in [1.29, 1.82) is 0 Å². The highest BCUT2D eigenvalue weighted by molar-refractivity contribution is 5.87. The van der Waals surface area contributed by atoms with Crippen LogP contribution < -0.4 is 10.6 Å². The van der Waals surface area contributed by atoms with Crippen molar-refractivity contribution in [3.05, 3.63) is 23.7 Å². The fraction of sp³-hybridized carbons (Fsp3) is 0.500. The van der Waals surface area contributed by atoms with E-state index >= 15 is 0 Å². The molecule has 19 heavy (non-hydrogen) atoms. The van der Waals surface area contributed by atoms with E-state index in [1.54, 1.807) is 14.0 Å². The van der Waals surface area contributed by atoms with Crippen LogP contribution in [0.1, 0.15) is 23.0 Å². The number of nitrogens with one attached hydrogen (secondary N) is 2. The molecule has 1 atom stereocenters. The van der Waals surface area contributed by atoms with Crippen molar-refractivity contribution in [3.8, 4) is 0 Å². The first-order chi connectivity index (χ1) is 9.04. The van der Waals surface area contributed by atoms with Crippen LogP contribution in [0, 0.1) is 0 Å². The molecule has 7 heteroatoms. The quantitative estimate of drug-likeness (QED) is 0.584. The summed E-state index contributed by atoms with van der Waals surface area (Å²) in [6.45, 7) is 2.90. The van der Waals surface area contributed by atoms with Crippen molar-refractivity contribution in [2.75, 3.05) is 20.3 Å². The molecule has 106 valence electrons. The first-order valence-electron chi connectivity index (χ1n) is 5.85. The standard InChI is InChI=1S/C12H18N2O5/c1-8(11(15)13-3-4-18-2)14-6-10-5-9(7-19-10)12(16)17/h5,7-8,14H,3-4,6H2,1-2H3,(H,13,15)(H,16,17). The molecule has 0 fully saturated rings. The van der Waals surface area contributed by atoms with E-state index in [4.69, 9.17) is 14.3 Å². The zero-order valence-electron chi connectivity index (χ0n) is 10.9. The molecule has 0 aliphatic carbocycles. The van der Waals surface area contributed by atoms with Gasteiger partial charge in [-0.25, -0.2) is 4.79 Å². The number of hydrogen-bond donors (Lipinski definition) is 3. The number of carboxylic acids is 1. The summed E-state index contributed by atoms with van der Waals surface area (Å²) < 4.78 is 9.88. The van der Waals surface area contributed by atoms with Crippen LogP contribution in [0.4, 0.5) is 0 Å². The monoisotopic (exact) mass is 270 g/mol. The molecule has 0 saturated heterocycles. The number of furan rings is 1. The highest BCUT2D eigenvalue weighted by atomic mass is 16.5. The Labute approximate surface area is 110 Å². The molecule has 3 N–H and O–H groups in total. The molecule has 0 aliphatic heterocycles. The summed E-state index contributed by atoms with van der Waals surface area (Å²) >= 11 is 0. The molecule has 0 spiro atoms. The molecule has 0 bridgehead atoms. The fourth-order valence-corrected chi connectivity index (χ4v) is 1.36. The second-order valence-electron chi connectivity index (χ2n) is 3.99. The second kappa shape index (κ2) is 7.55. The first kappa shape index (κ1) is 15.2. The number of methoxy groups -OCH3 is 1. The smallest absolute Gasteiger partial charge is 0.338 e. The van der Waals surface area contributed by atoms with E-state index in [-0.39, 0.29) is 18.0 Å². The average molecular weight is 270 g/mol. The molecule has 1 aromatic rings. The lowest BCUT2D eigenvalue weighted by molar-refractivity contribution is -0.123. The maximum Gasteiger partial charge on any atom is 0.338 e. The van der Waals surface area contributed by atoms with E-state index < -0.39 is 12.0 Å². The van der Waals surface area contributed by atoms with E-state index in [1.807, 2.05) is 0 Å². The third-order valence-electron chi connectivity index (χ3n) is 2.48. The van der Waals surface area contributed by atoms with Crippen LogP contribution in [0.2, 0.25) is 0 Å². The van der Waals surface area contributed by atoms with Gasteiger partial charge in [0.1, 0.15) is 12.0 Å². The van der Waals surface area contributed by atoms with Crippen LogP contribution >= 0.6 is 0 Å². The van der Waals surface area contributed by atoms with Gasteiger partial charge in [-0.15, -0.1) is 0 Å². The maximum atomic E-state index is 11.6. The lowest BCUT2D eigenvalue weighted by atomic mass is 10.3. The molecule has 1 unspecified atom stereocenters. The number of ether oxygens (including phenoxy) is 1. The topological polar surface area (TPSA) is 101 Å². The van der Waals surface area contributed by atoms with Gasteiger partial charge in [-0.3, -0.25) is 10.1 Å². The third kappa shape index (κ3) is 5.11. The van der Waals surface area contributed by atoms with Crippen LogP contribution in [-0.2, 0) is 16.1 Å². The van der Waals surface area contributed by atoms with Crippen LogP contribution in [0.5, 0.6) is 0 Å². The van der Waals surface area contributed by atoms with Gasteiger partial charge >= 0.3 is 5.97 Å². The molecule has 0 aromatic carbocycles. The Morgan fingerprint density at radius 1 is 1.53 bits per heavy atom. The number of hydrogen-bond acceptors (Lipinski definition) is 5. The van der Waals surface area contributed by atoms with Crippen molar-refractivity contribution in [1.82, 2.24) is 10.6 Å². The zero-order chi connectivity index (χ0) is 14.3. The lowest BCUT2D eigenvalue weighted by Crippen LogP contribution is -2.42. The number of carbonyl (C=O) groups is 2. The van der Waals surface area contributed by atoms with E-state index in [9.17, 15) is 9.59 Å². The Kier molecular flexibility index (Phi) is 6.04. The molecular weight excluding hydrogens is 252 g/mol. The molecular formula is C12H18N2O5. The summed E-state index contributed by atoms with van der Waals surface area (Å²) in [6, 6.07) is 1.01. The van der Waals surface area contributed by atoms with Crippen LogP contribution in [0.15, 0.2) is 16.7 Å². The molecule has 7 nitrogen and oxygen atoms in total. The number of carboxylic acid groups (broad SMARTS) is 1. The average Bonchev–Trinajstić information content (AvgIpc) is 2.85. The highest BCUT2D eigenvalue weighted by Gasteiger charge is 2.13. The van der Waals surface area contributed by atoms with Crippen molar-refractivity contribution in [2.45, 2.75) is 19.5 Å². The zero-order valence-corrected chi connectivity index (χ0v) is 10.9. The van der Waals surface area contributed by atoms with E-state index in [1.165, 1.54) is 12.3 Å². The summed E-state index contributed by atoms with van der Waals surface area (Å²) in [5.41, 5.74) is 0.0917. The van der Waals surface area contributed by atoms with Crippen LogP contribution in [-0.4, -0.2) is 43.3 Å². The minimum Gasteiger partial charge on any atom is -0.478 e. The van der Waals surface area contributed by atoms with Gasteiger partial charge in [0.25, 0.3) is 0 Å². The van der Waals surface area contributed by atoms with Gasteiger partial charge in [0.15, 0.2) is 0 Å². The van der Waals surface area contributed by atoms with Gasteiger partial charge in [0.2, 0.25) is 5.91 Å². The number of amides is 1. The van der Waals surface area contributed by atoms with Crippen molar-refractivity contribution < 1.29 is 23.8 Å². The molecule has 1 aromatic heterocycles. The lowest BCUT2D eigenvalue weighted by Gasteiger charge is -2.12. The van der Waals surface area contributed by atoms with Crippen molar-refractivity contribution in [2.24, 2.45) is 0 Å². The summed E-state index contributed by atoms with van der Waals surface area (Å²) in [5.74, 6) is -0.726. The van der Waals surface area contributed by atoms with Gasteiger partial charge in [0.05, 0.1) is 24.8 Å². The maximum absolute atomic E-state index is 11.6. The SMILES string of the molecule is COCCNC(=O)C(C)NCc1cc(C(=O)O)co1. The minimum atomic E-state index is -1.04. The third-order valence-corrected chi connectivity index (χ3v) is 2.48. The Bertz CT molecular complexity index is 430. The predicted molar refractivity (Wildman–Crippen MR) is 66.9 cm³/mol. The highest BCUT2D eigenvalue weighted by Crippen LogP contribution is 2.07. The summed E-state index contributed by atoms with van der Waals surface area (Å²) in [7, 11) is 1.56. The van der Waals surface area contributed by atoms with Crippen LogP contribution in [0.25, 0.3) is 0 Å². The fourth-order valence-electron chi connectivity index (χ4n) is 1.36. The van der Waals surface area contributed by atoms with Gasteiger partial charge in [-0.05, 0) is 13.0 Å². The van der Waals surface area contributed by atoms with Crippen LogP contribution in [0.3, 0.4) is 0 Å². The normalized spacial score (nSPS) is 12.1. The Morgan fingerprint density at radius 2 is 2.26 bits per heavy atom. The Hall–Kier alpha value is -1.86. The van der Waals surface area contributed by atoms with Crippen molar-refractivity contribution in [3.63, 3.8) is 0 Å². The van der Waals surface area contributed by atoms with E-state index in [2.05, 4.69) is 10.6 Å². The summed E-state index contributed by atoms with van der Waals surface area (Å²) in [6.07, 6.45) is 1.17. The van der Waals surface area contributed by atoms with Gasteiger partial charge in [-0.2, -0.15) is 0 Å². The molecule has 0 radical (unpaired) electrons. The molecule has 0 aliphatic rings. The van der Waals surface area contributed by atoms with Gasteiger partial charge in [0, 0.05) is 13.7 Å². The van der Waals surface area contributed by atoms with Gasteiger partial charge in [-0.1, -0.05) is 0 Å². The van der Waals surface area contributed by atoms with Crippen molar-refractivity contribution >= 4 is 11.9 Å². The molecule has 1 amide bonds. The number of aromatic carboxylic acids is 1. The summed E-state index contributed by atoms with van der Waals surface area (Å²) in [4.78, 5) is 22.2. The second-order valence-corrected chi connectivity index (χ2v) is 3.99. The minimum absolute atomic E-state index is 0.0917. The largest absolute Gasteiger partial charge is 0.478 e. The molecule has 1 heterocycles. The first-order valence-corrected chi connectivity index (χ1v) is 5.85. The van der Waals surface area contributed by atoms with E-state index in [0.29, 0.717) is 18.9 Å². The molecule has 0 saturated carbocycles. The Morgan fingerprint density at radius 3 is 2.84 bits per heavy atom. The number of carbonyl (C=O) groups excluding carboxylic acids is 1. The number of rotatable bonds is 8. The Balaban J connectivity index is 2.34.